The number of hydrogen-bond donors (Lipinski definition) is 2. The van der Waals surface area contributed by atoms with Crippen molar-refractivity contribution in [3.63, 3.8) is 0 Å². The third-order valence-corrected chi connectivity index (χ3v) is 4.90. The standard InChI is InChI=1S/C20H21ClFN3O2.ClH/c21-17-4-2-1-3-16(17)18-13-23-11-12-25(18)19(26)9-10-24-20(27)14-5-7-15(22)8-6-14;/h1-8,18,23H,9-13H2,(H,24,27);1H. The predicted molar refractivity (Wildman–Crippen MR) is 109 cm³/mol. The van der Waals surface area contributed by atoms with E-state index >= 15 is 0 Å². The van der Waals surface area contributed by atoms with Crippen LogP contribution in [0.3, 0.4) is 0 Å². The first-order chi connectivity index (χ1) is 13.1. The Labute approximate surface area is 174 Å². The number of benzene rings is 2. The smallest absolute Gasteiger partial charge is 0.251 e. The summed E-state index contributed by atoms with van der Waals surface area (Å²) in [5.74, 6) is -0.766. The van der Waals surface area contributed by atoms with Crippen molar-refractivity contribution >= 4 is 35.8 Å². The number of carbonyl (C=O) groups excluding carboxylic acids is 2. The fourth-order valence-corrected chi connectivity index (χ4v) is 3.42. The van der Waals surface area contributed by atoms with E-state index in [-0.39, 0.29) is 43.2 Å². The molecular weight excluding hydrogens is 404 g/mol. The zero-order valence-corrected chi connectivity index (χ0v) is 16.7. The highest BCUT2D eigenvalue weighted by Crippen LogP contribution is 2.28. The first kappa shape index (κ1) is 22.1. The van der Waals surface area contributed by atoms with Crippen molar-refractivity contribution < 1.29 is 14.0 Å². The van der Waals surface area contributed by atoms with Crippen molar-refractivity contribution in [2.24, 2.45) is 0 Å². The second kappa shape index (κ2) is 10.4. The van der Waals surface area contributed by atoms with Gasteiger partial charge in [-0.2, -0.15) is 0 Å². The molecule has 1 fully saturated rings. The molecule has 1 heterocycles. The maximum absolute atomic E-state index is 12.9. The SMILES string of the molecule is Cl.O=C(NCCC(=O)N1CCNCC1c1ccccc1Cl)c1ccc(F)cc1. The van der Waals surface area contributed by atoms with Gasteiger partial charge in [0, 0.05) is 43.2 Å². The molecule has 2 aromatic carbocycles. The van der Waals surface area contributed by atoms with Crippen molar-refractivity contribution in [3.8, 4) is 0 Å². The van der Waals surface area contributed by atoms with E-state index in [2.05, 4.69) is 10.6 Å². The van der Waals surface area contributed by atoms with Crippen LogP contribution in [0.2, 0.25) is 5.02 Å². The van der Waals surface area contributed by atoms with Crippen LogP contribution in [0.1, 0.15) is 28.4 Å². The molecule has 1 atom stereocenters. The van der Waals surface area contributed by atoms with Crippen LogP contribution < -0.4 is 10.6 Å². The third-order valence-electron chi connectivity index (χ3n) is 4.56. The van der Waals surface area contributed by atoms with E-state index in [0.29, 0.717) is 30.2 Å². The molecule has 5 nitrogen and oxygen atoms in total. The molecule has 8 heteroatoms. The highest BCUT2D eigenvalue weighted by Gasteiger charge is 2.28. The van der Waals surface area contributed by atoms with Crippen LogP contribution in [-0.4, -0.2) is 42.9 Å². The minimum Gasteiger partial charge on any atom is -0.352 e. The van der Waals surface area contributed by atoms with Gasteiger partial charge in [-0.1, -0.05) is 29.8 Å². The first-order valence-corrected chi connectivity index (χ1v) is 9.22. The summed E-state index contributed by atoms with van der Waals surface area (Å²) in [4.78, 5) is 26.6. The maximum Gasteiger partial charge on any atom is 0.251 e. The Bertz CT molecular complexity index is 817. The minimum atomic E-state index is -0.397. The Morgan fingerprint density at radius 2 is 1.89 bits per heavy atom. The average molecular weight is 426 g/mol. The summed E-state index contributed by atoms with van der Waals surface area (Å²) >= 11 is 6.30. The van der Waals surface area contributed by atoms with Crippen molar-refractivity contribution in [2.75, 3.05) is 26.2 Å². The molecule has 150 valence electrons. The first-order valence-electron chi connectivity index (χ1n) is 8.84. The van der Waals surface area contributed by atoms with Gasteiger partial charge in [0.25, 0.3) is 5.91 Å². The zero-order valence-electron chi connectivity index (χ0n) is 15.2. The average Bonchev–Trinajstić information content (AvgIpc) is 2.69. The molecule has 0 radical (unpaired) electrons. The van der Waals surface area contributed by atoms with Gasteiger partial charge in [0.2, 0.25) is 5.91 Å². The van der Waals surface area contributed by atoms with Crippen molar-refractivity contribution in [3.05, 3.63) is 70.5 Å². The molecule has 0 saturated carbocycles. The van der Waals surface area contributed by atoms with Crippen molar-refractivity contribution in [2.45, 2.75) is 12.5 Å². The number of carbonyl (C=O) groups is 2. The fraction of sp³-hybridized carbons (Fsp3) is 0.300. The van der Waals surface area contributed by atoms with Gasteiger partial charge in [-0.25, -0.2) is 4.39 Å². The Balaban J connectivity index is 0.00000280. The van der Waals surface area contributed by atoms with Crippen LogP contribution in [0.5, 0.6) is 0 Å². The third kappa shape index (κ3) is 5.44. The molecule has 28 heavy (non-hydrogen) atoms. The zero-order chi connectivity index (χ0) is 19.2. The second-order valence-electron chi connectivity index (χ2n) is 6.34. The highest BCUT2D eigenvalue weighted by atomic mass is 35.5. The van der Waals surface area contributed by atoms with Gasteiger partial charge in [0.05, 0.1) is 6.04 Å². The molecule has 0 aliphatic carbocycles. The van der Waals surface area contributed by atoms with Crippen LogP contribution >= 0.6 is 24.0 Å². The Morgan fingerprint density at radius 1 is 1.18 bits per heavy atom. The number of hydrogen-bond acceptors (Lipinski definition) is 3. The van der Waals surface area contributed by atoms with Gasteiger partial charge in [-0.05, 0) is 35.9 Å². The summed E-state index contributed by atoms with van der Waals surface area (Å²) in [5.41, 5.74) is 1.27. The van der Waals surface area contributed by atoms with E-state index in [4.69, 9.17) is 11.6 Å². The largest absolute Gasteiger partial charge is 0.352 e. The second-order valence-corrected chi connectivity index (χ2v) is 6.75. The Hall–Kier alpha value is -2.15. The van der Waals surface area contributed by atoms with Crippen LogP contribution in [0.15, 0.2) is 48.5 Å². The molecule has 2 N–H and O–H groups in total. The molecule has 0 aromatic heterocycles. The van der Waals surface area contributed by atoms with Gasteiger partial charge >= 0.3 is 0 Å². The lowest BCUT2D eigenvalue weighted by Gasteiger charge is -2.37. The highest BCUT2D eigenvalue weighted by molar-refractivity contribution is 6.31. The Kier molecular flexibility index (Phi) is 8.23. The van der Waals surface area contributed by atoms with E-state index < -0.39 is 5.82 Å². The molecule has 1 unspecified atom stereocenters. The summed E-state index contributed by atoms with van der Waals surface area (Å²) in [7, 11) is 0. The van der Waals surface area contributed by atoms with E-state index in [1.54, 1.807) is 0 Å². The normalized spacial score (nSPS) is 16.2. The molecule has 0 bridgehead atoms. The fourth-order valence-electron chi connectivity index (χ4n) is 3.16. The summed E-state index contributed by atoms with van der Waals surface area (Å²) < 4.78 is 12.9. The van der Waals surface area contributed by atoms with Crippen LogP contribution in [0.25, 0.3) is 0 Å². The summed E-state index contributed by atoms with van der Waals surface area (Å²) in [6.45, 7) is 2.15. The number of piperazine rings is 1. The maximum atomic E-state index is 12.9. The number of nitrogens with one attached hydrogen (secondary N) is 2. The lowest BCUT2D eigenvalue weighted by molar-refractivity contribution is -0.134. The van der Waals surface area contributed by atoms with Crippen molar-refractivity contribution in [1.82, 2.24) is 15.5 Å². The number of halogens is 3. The minimum absolute atomic E-state index is 0. The number of nitrogens with zero attached hydrogens (tertiary/aromatic N) is 1. The quantitative estimate of drug-likeness (QED) is 0.772. The molecular formula is C20H22Cl2FN3O2. The lowest BCUT2D eigenvalue weighted by Crippen LogP contribution is -2.49. The van der Waals surface area contributed by atoms with Crippen LogP contribution in [0.4, 0.5) is 4.39 Å². The van der Waals surface area contributed by atoms with Crippen LogP contribution in [0, 0.1) is 5.82 Å². The lowest BCUT2D eigenvalue weighted by atomic mass is 10.0. The summed E-state index contributed by atoms with van der Waals surface area (Å²) in [6.07, 6.45) is 0.188. The molecule has 0 spiro atoms. The van der Waals surface area contributed by atoms with E-state index in [1.165, 1.54) is 24.3 Å². The van der Waals surface area contributed by atoms with Gasteiger partial charge < -0.3 is 15.5 Å². The predicted octanol–water partition coefficient (Wildman–Crippen LogP) is 3.19. The molecule has 2 amide bonds. The Morgan fingerprint density at radius 3 is 2.61 bits per heavy atom. The van der Waals surface area contributed by atoms with E-state index in [9.17, 15) is 14.0 Å². The summed E-state index contributed by atoms with van der Waals surface area (Å²) in [6, 6.07) is 12.7. The van der Waals surface area contributed by atoms with Crippen LogP contribution in [-0.2, 0) is 4.79 Å². The van der Waals surface area contributed by atoms with Gasteiger partial charge in [-0.15, -0.1) is 12.4 Å². The molecule has 3 rings (SSSR count). The van der Waals surface area contributed by atoms with Crippen molar-refractivity contribution in [1.29, 1.82) is 0 Å². The molecule has 1 saturated heterocycles. The number of rotatable bonds is 5. The van der Waals surface area contributed by atoms with Gasteiger partial charge in [-0.3, -0.25) is 9.59 Å². The monoisotopic (exact) mass is 425 g/mol. The molecule has 2 aromatic rings. The van der Waals surface area contributed by atoms with E-state index in [1.807, 2.05) is 29.2 Å². The van der Waals surface area contributed by atoms with Gasteiger partial charge in [0.15, 0.2) is 0 Å². The molecule has 1 aliphatic rings. The topological polar surface area (TPSA) is 61.4 Å². The van der Waals surface area contributed by atoms with Gasteiger partial charge in [0.1, 0.15) is 5.82 Å². The summed E-state index contributed by atoms with van der Waals surface area (Å²) in [5, 5.41) is 6.63. The molecule has 1 aliphatic heterocycles. The van der Waals surface area contributed by atoms with E-state index in [0.717, 1.165) is 5.56 Å². The number of amides is 2.